The van der Waals surface area contributed by atoms with E-state index in [-0.39, 0.29) is 0 Å². The van der Waals surface area contributed by atoms with Gasteiger partial charge in [-0.2, -0.15) is 0 Å². The second-order valence-corrected chi connectivity index (χ2v) is 6.31. The van der Waals surface area contributed by atoms with Gasteiger partial charge in [-0.15, -0.1) is 11.8 Å². The van der Waals surface area contributed by atoms with Crippen molar-refractivity contribution in [2.24, 2.45) is 0 Å². The van der Waals surface area contributed by atoms with Crippen LogP contribution in [-0.4, -0.2) is 11.4 Å². The van der Waals surface area contributed by atoms with Gasteiger partial charge < -0.3 is 10.6 Å². The first-order chi connectivity index (χ1) is 10.1. The number of rotatable bonds is 4. The molecule has 110 valence electrons. The molecule has 0 aliphatic heterocycles. The van der Waals surface area contributed by atoms with E-state index in [1.54, 1.807) is 11.8 Å². The van der Waals surface area contributed by atoms with Crippen LogP contribution in [0.15, 0.2) is 53.4 Å². The predicted octanol–water partition coefficient (Wildman–Crippen LogP) is 5.34. The minimum absolute atomic E-state index is 0.539. The summed E-state index contributed by atoms with van der Waals surface area (Å²) in [6.07, 6.45) is 2.06. The Morgan fingerprint density at radius 1 is 1.00 bits per heavy atom. The van der Waals surface area contributed by atoms with Gasteiger partial charge in [0.05, 0.1) is 5.69 Å². The van der Waals surface area contributed by atoms with Crippen LogP contribution in [-0.2, 0) is 0 Å². The fourth-order valence-corrected chi connectivity index (χ4v) is 2.77. The van der Waals surface area contributed by atoms with Crippen LogP contribution in [0.3, 0.4) is 0 Å². The molecule has 0 radical (unpaired) electrons. The summed E-state index contributed by atoms with van der Waals surface area (Å²) in [7, 11) is 0. The quantitative estimate of drug-likeness (QED) is 0.587. The molecule has 2 N–H and O–H groups in total. The van der Waals surface area contributed by atoms with Crippen molar-refractivity contribution in [2.45, 2.75) is 24.7 Å². The molecule has 0 atom stereocenters. The fraction of sp³-hybridized carbons (Fsp3) is 0.235. The number of benzene rings is 2. The van der Waals surface area contributed by atoms with Crippen molar-refractivity contribution in [3.63, 3.8) is 0 Å². The molecule has 0 aromatic heterocycles. The molecule has 0 heterocycles. The van der Waals surface area contributed by atoms with Crippen molar-refractivity contribution >= 4 is 40.5 Å². The third kappa shape index (κ3) is 4.48. The summed E-state index contributed by atoms with van der Waals surface area (Å²) in [6.45, 7) is 4.38. The molecule has 21 heavy (non-hydrogen) atoms. The van der Waals surface area contributed by atoms with Gasteiger partial charge in [-0.1, -0.05) is 38.1 Å². The Balaban J connectivity index is 2.01. The topological polar surface area (TPSA) is 24.1 Å². The molecule has 4 heteroatoms. The molecule has 2 nitrogen and oxygen atoms in total. The summed E-state index contributed by atoms with van der Waals surface area (Å²) in [4.78, 5) is 1.18. The lowest BCUT2D eigenvalue weighted by Gasteiger charge is -2.13. The molecule has 0 spiro atoms. The van der Waals surface area contributed by atoms with E-state index in [4.69, 9.17) is 12.2 Å². The number of para-hydroxylation sites is 1. The van der Waals surface area contributed by atoms with Crippen molar-refractivity contribution in [1.82, 2.24) is 0 Å². The van der Waals surface area contributed by atoms with Crippen LogP contribution in [0.2, 0.25) is 0 Å². The molecule has 0 saturated carbocycles. The number of nitrogens with one attached hydrogen (secondary N) is 2. The second-order valence-electron chi connectivity index (χ2n) is 5.06. The molecule has 0 fully saturated rings. The summed E-state index contributed by atoms with van der Waals surface area (Å²) in [5.74, 6) is 0.539. The Bertz CT molecular complexity index is 606. The lowest BCUT2D eigenvalue weighted by atomic mass is 10.0. The van der Waals surface area contributed by atoms with E-state index in [1.165, 1.54) is 10.5 Å². The first-order valence-corrected chi connectivity index (χ1v) is 8.54. The number of thiocarbonyl (C=S) groups is 1. The Morgan fingerprint density at radius 3 is 2.29 bits per heavy atom. The molecule has 2 aromatic carbocycles. The summed E-state index contributed by atoms with van der Waals surface area (Å²) in [6, 6.07) is 16.5. The third-order valence-electron chi connectivity index (χ3n) is 3.19. The first kappa shape index (κ1) is 15.9. The molecule has 0 aliphatic carbocycles. The molecule has 0 unspecified atom stereocenters. The monoisotopic (exact) mass is 316 g/mol. The molecule has 0 aliphatic rings. The summed E-state index contributed by atoms with van der Waals surface area (Å²) in [5, 5.41) is 7.07. The van der Waals surface area contributed by atoms with Crippen LogP contribution in [0.25, 0.3) is 0 Å². The smallest absolute Gasteiger partial charge is 0.175 e. The maximum absolute atomic E-state index is 5.38. The fourth-order valence-electron chi connectivity index (χ4n) is 1.98. The summed E-state index contributed by atoms with van der Waals surface area (Å²) >= 11 is 7.08. The van der Waals surface area contributed by atoms with Crippen LogP contribution in [0, 0.1) is 0 Å². The third-order valence-corrected chi connectivity index (χ3v) is 4.19. The Kier molecular flexibility index (Phi) is 5.65. The maximum Gasteiger partial charge on any atom is 0.175 e. The van der Waals surface area contributed by atoms with Gasteiger partial charge in [0.25, 0.3) is 0 Å². The van der Waals surface area contributed by atoms with Crippen molar-refractivity contribution in [1.29, 1.82) is 0 Å². The van der Waals surface area contributed by atoms with E-state index in [0.29, 0.717) is 11.0 Å². The lowest BCUT2D eigenvalue weighted by Crippen LogP contribution is -2.19. The minimum atomic E-state index is 0.539. The molecule has 2 aromatic rings. The number of hydrogen-bond donors (Lipinski definition) is 2. The SMILES string of the molecule is CSc1ccccc1NC(=S)Nc1ccc(C(C)C)cc1. The van der Waals surface area contributed by atoms with Gasteiger partial charge in [-0.05, 0) is 54.2 Å². The highest BCUT2D eigenvalue weighted by molar-refractivity contribution is 7.98. The Labute approximate surface area is 136 Å². The van der Waals surface area contributed by atoms with Gasteiger partial charge in [-0.25, -0.2) is 0 Å². The number of hydrogen-bond acceptors (Lipinski definition) is 2. The van der Waals surface area contributed by atoms with Gasteiger partial charge >= 0.3 is 0 Å². The Hall–Kier alpha value is -1.52. The molecule has 0 amide bonds. The average molecular weight is 316 g/mol. The molecular weight excluding hydrogens is 296 g/mol. The lowest BCUT2D eigenvalue weighted by molar-refractivity contribution is 0.867. The van der Waals surface area contributed by atoms with E-state index in [9.17, 15) is 0 Å². The van der Waals surface area contributed by atoms with E-state index in [0.717, 1.165) is 11.4 Å². The van der Waals surface area contributed by atoms with Crippen LogP contribution >= 0.6 is 24.0 Å². The van der Waals surface area contributed by atoms with Crippen LogP contribution in [0.4, 0.5) is 11.4 Å². The van der Waals surface area contributed by atoms with Gasteiger partial charge in [-0.3, -0.25) is 0 Å². The molecule has 0 saturated heterocycles. The zero-order valence-electron chi connectivity index (χ0n) is 12.5. The van der Waals surface area contributed by atoms with Crippen molar-refractivity contribution in [2.75, 3.05) is 16.9 Å². The summed E-state index contributed by atoms with van der Waals surface area (Å²) < 4.78 is 0. The van der Waals surface area contributed by atoms with Crippen molar-refractivity contribution in [3.8, 4) is 0 Å². The van der Waals surface area contributed by atoms with Crippen molar-refractivity contribution in [3.05, 3.63) is 54.1 Å². The van der Waals surface area contributed by atoms with Crippen LogP contribution in [0.5, 0.6) is 0 Å². The number of anilines is 2. The Morgan fingerprint density at radius 2 is 1.67 bits per heavy atom. The molecule has 2 rings (SSSR count). The van der Waals surface area contributed by atoms with Crippen molar-refractivity contribution < 1.29 is 0 Å². The van der Waals surface area contributed by atoms with Gasteiger partial charge in [0.2, 0.25) is 0 Å². The van der Waals surface area contributed by atoms with Crippen LogP contribution < -0.4 is 10.6 Å². The van der Waals surface area contributed by atoms with Gasteiger partial charge in [0.15, 0.2) is 5.11 Å². The van der Waals surface area contributed by atoms with Gasteiger partial charge in [0, 0.05) is 10.6 Å². The predicted molar refractivity (Wildman–Crippen MR) is 98.6 cm³/mol. The largest absolute Gasteiger partial charge is 0.332 e. The second kappa shape index (κ2) is 7.48. The van der Waals surface area contributed by atoms with E-state index < -0.39 is 0 Å². The summed E-state index contributed by atoms with van der Waals surface area (Å²) in [5.41, 5.74) is 3.35. The van der Waals surface area contributed by atoms with E-state index in [1.807, 2.05) is 18.2 Å². The highest BCUT2D eigenvalue weighted by Gasteiger charge is 2.04. The highest BCUT2D eigenvalue weighted by atomic mass is 32.2. The standard InChI is InChI=1S/C17H20N2S2/c1-12(2)13-8-10-14(11-9-13)18-17(20)19-15-6-4-5-7-16(15)21-3/h4-12H,1-3H3,(H2,18,19,20). The van der Waals surface area contributed by atoms with E-state index >= 15 is 0 Å². The highest BCUT2D eigenvalue weighted by Crippen LogP contribution is 2.25. The zero-order valence-corrected chi connectivity index (χ0v) is 14.1. The molecule has 0 bridgehead atoms. The first-order valence-electron chi connectivity index (χ1n) is 6.91. The minimum Gasteiger partial charge on any atom is -0.332 e. The normalized spacial score (nSPS) is 10.5. The number of thioether (sulfide) groups is 1. The zero-order chi connectivity index (χ0) is 15.2. The maximum atomic E-state index is 5.38. The van der Waals surface area contributed by atoms with Crippen LogP contribution in [0.1, 0.15) is 25.3 Å². The average Bonchev–Trinajstić information content (AvgIpc) is 2.48. The molecular formula is C17H20N2S2. The van der Waals surface area contributed by atoms with Gasteiger partial charge in [0.1, 0.15) is 0 Å². The van der Waals surface area contributed by atoms with E-state index in [2.05, 4.69) is 61.1 Å².